The smallest absolute Gasteiger partial charge is 0.142 e. The van der Waals surface area contributed by atoms with E-state index >= 15 is 0 Å². The lowest BCUT2D eigenvalue weighted by molar-refractivity contribution is 1.08. The maximum absolute atomic E-state index is 4.52. The van der Waals surface area contributed by atoms with Crippen molar-refractivity contribution in [2.45, 2.75) is 6.92 Å². The SMILES string of the molecule is Cc1nc(-c2ccncc2)c2c(Br)c[nH]c2n1. The highest BCUT2D eigenvalue weighted by Gasteiger charge is 2.12. The van der Waals surface area contributed by atoms with Crippen LogP contribution >= 0.6 is 15.9 Å². The molecule has 0 saturated carbocycles. The predicted octanol–water partition coefficient (Wildman–Crippen LogP) is 3.09. The molecule has 84 valence electrons. The van der Waals surface area contributed by atoms with Crippen LogP contribution in [0.4, 0.5) is 0 Å². The minimum absolute atomic E-state index is 0.749. The summed E-state index contributed by atoms with van der Waals surface area (Å²) in [6.45, 7) is 1.89. The lowest BCUT2D eigenvalue weighted by atomic mass is 10.1. The van der Waals surface area contributed by atoms with Crippen molar-refractivity contribution in [3.63, 3.8) is 0 Å². The number of hydrogen-bond acceptors (Lipinski definition) is 3. The first-order valence-corrected chi connectivity index (χ1v) is 5.96. The third-order valence-electron chi connectivity index (χ3n) is 2.55. The number of nitrogens with one attached hydrogen (secondary N) is 1. The van der Waals surface area contributed by atoms with Crippen LogP contribution in [0.25, 0.3) is 22.3 Å². The summed E-state index contributed by atoms with van der Waals surface area (Å²) in [5, 5.41) is 1.00. The Morgan fingerprint density at radius 3 is 2.71 bits per heavy atom. The Kier molecular flexibility index (Phi) is 2.40. The highest BCUT2D eigenvalue weighted by molar-refractivity contribution is 9.10. The number of pyridine rings is 1. The summed E-state index contributed by atoms with van der Waals surface area (Å²) >= 11 is 3.51. The van der Waals surface area contributed by atoms with Crippen molar-refractivity contribution in [2.24, 2.45) is 0 Å². The van der Waals surface area contributed by atoms with Crippen LogP contribution in [-0.2, 0) is 0 Å². The molecule has 0 radical (unpaired) electrons. The Labute approximate surface area is 106 Å². The maximum Gasteiger partial charge on any atom is 0.142 e. The molecule has 0 aromatic carbocycles. The molecule has 1 N–H and O–H groups in total. The Morgan fingerprint density at radius 1 is 1.18 bits per heavy atom. The van der Waals surface area contributed by atoms with E-state index in [2.05, 4.69) is 35.9 Å². The summed E-state index contributed by atoms with van der Waals surface area (Å²) in [6.07, 6.45) is 5.40. The molecule has 3 rings (SSSR count). The molecule has 4 nitrogen and oxygen atoms in total. The molecule has 0 unspecified atom stereocenters. The number of H-pyrrole nitrogens is 1. The van der Waals surface area contributed by atoms with Crippen molar-refractivity contribution in [1.29, 1.82) is 0 Å². The fraction of sp³-hybridized carbons (Fsp3) is 0.0833. The van der Waals surface area contributed by atoms with Crippen LogP contribution in [0.15, 0.2) is 35.2 Å². The average molecular weight is 289 g/mol. The van der Waals surface area contributed by atoms with Gasteiger partial charge in [-0.2, -0.15) is 0 Å². The minimum Gasteiger partial charge on any atom is -0.345 e. The Morgan fingerprint density at radius 2 is 1.94 bits per heavy atom. The second-order valence-electron chi connectivity index (χ2n) is 3.72. The van der Waals surface area contributed by atoms with Crippen LogP contribution in [0.3, 0.4) is 0 Å². The number of hydrogen-bond donors (Lipinski definition) is 1. The fourth-order valence-electron chi connectivity index (χ4n) is 1.83. The minimum atomic E-state index is 0.749. The summed E-state index contributed by atoms with van der Waals surface area (Å²) in [4.78, 5) is 16.0. The molecule has 0 spiro atoms. The van der Waals surface area contributed by atoms with Gasteiger partial charge in [0.1, 0.15) is 11.5 Å². The summed E-state index contributed by atoms with van der Waals surface area (Å²) in [6, 6.07) is 3.89. The second-order valence-corrected chi connectivity index (χ2v) is 4.57. The van der Waals surface area contributed by atoms with Gasteiger partial charge in [0, 0.05) is 28.6 Å². The van der Waals surface area contributed by atoms with Crippen LogP contribution in [0.5, 0.6) is 0 Å². The Hall–Kier alpha value is -1.75. The zero-order chi connectivity index (χ0) is 11.8. The molecular formula is C12H9BrN4. The number of aryl methyl sites for hydroxylation is 1. The summed E-state index contributed by atoms with van der Waals surface area (Å²) in [5.74, 6) is 0.749. The van der Waals surface area contributed by atoms with E-state index in [9.17, 15) is 0 Å². The van der Waals surface area contributed by atoms with Crippen molar-refractivity contribution >= 4 is 27.0 Å². The van der Waals surface area contributed by atoms with E-state index in [1.807, 2.05) is 25.3 Å². The van der Waals surface area contributed by atoms with E-state index in [1.165, 1.54) is 0 Å². The third kappa shape index (κ3) is 1.72. The largest absolute Gasteiger partial charge is 0.345 e. The molecule has 0 aliphatic carbocycles. The molecule has 3 heterocycles. The number of fused-ring (bicyclic) bond motifs is 1. The normalized spacial score (nSPS) is 10.9. The first-order chi connectivity index (χ1) is 8.25. The molecule has 3 aromatic heterocycles. The van der Waals surface area contributed by atoms with Gasteiger partial charge in [-0.15, -0.1) is 0 Å². The first kappa shape index (κ1) is 10.4. The molecule has 0 bridgehead atoms. The van der Waals surface area contributed by atoms with Crippen molar-refractivity contribution < 1.29 is 0 Å². The van der Waals surface area contributed by atoms with E-state index in [1.54, 1.807) is 12.4 Å². The number of rotatable bonds is 1. The third-order valence-corrected chi connectivity index (χ3v) is 3.17. The maximum atomic E-state index is 4.52. The molecule has 0 saturated heterocycles. The van der Waals surface area contributed by atoms with E-state index in [-0.39, 0.29) is 0 Å². The van der Waals surface area contributed by atoms with E-state index in [0.717, 1.165) is 32.6 Å². The van der Waals surface area contributed by atoms with Crippen LogP contribution in [0, 0.1) is 6.92 Å². The second kappa shape index (κ2) is 3.92. The molecule has 5 heteroatoms. The van der Waals surface area contributed by atoms with Gasteiger partial charge in [0.2, 0.25) is 0 Å². The fourth-order valence-corrected chi connectivity index (χ4v) is 2.32. The summed E-state index contributed by atoms with van der Waals surface area (Å²) in [7, 11) is 0. The lowest BCUT2D eigenvalue weighted by Crippen LogP contribution is -1.93. The predicted molar refractivity (Wildman–Crippen MR) is 69.6 cm³/mol. The van der Waals surface area contributed by atoms with E-state index in [0.29, 0.717) is 0 Å². The number of aromatic amines is 1. The van der Waals surface area contributed by atoms with Crippen LogP contribution < -0.4 is 0 Å². The van der Waals surface area contributed by atoms with Crippen molar-refractivity contribution in [3.05, 3.63) is 41.0 Å². The van der Waals surface area contributed by atoms with Crippen LogP contribution in [-0.4, -0.2) is 19.9 Å². The summed E-state index contributed by atoms with van der Waals surface area (Å²) < 4.78 is 0.972. The molecular weight excluding hydrogens is 280 g/mol. The van der Waals surface area contributed by atoms with Gasteiger partial charge in [0.15, 0.2) is 0 Å². The molecule has 0 aliphatic heterocycles. The standard InChI is InChI=1S/C12H9BrN4/c1-7-16-11(8-2-4-14-5-3-8)10-9(13)6-15-12(10)17-7/h2-6H,1H3,(H,15,16,17). The number of nitrogens with zero attached hydrogens (tertiary/aromatic N) is 3. The lowest BCUT2D eigenvalue weighted by Gasteiger charge is -2.04. The highest BCUT2D eigenvalue weighted by atomic mass is 79.9. The molecule has 17 heavy (non-hydrogen) atoms. The van der Waals surface area contributed by atoms with Crippen LogP contribution in [0.2, 0.25) is 0 Å². The van der Waals surface area contributed by atoms with Crippen molar-refractivity contribution in [3.8, 4) is 11.3 Å². The Balaban J connectivity index is 2.39. The molecule has 3 aromatic rings. The average Bonchev–Trinajstić information content (AvgIpc) is 2.71. The van der Waals surface area contributed by atoms with Gasteiger partial charge in [-0.3, -0.25) is 4.98 Å². The van der Waals surface area contributed by atoms with Gasteiger partial charge in [0.05, 0.1) is 11.1 Å². The summed E-state index contributed by atoms with van der Waals surface area (Å²) in [5.41, 5.74) is 2.80. The zero-order valence-electron chi connectivity index (χ0n) is 9.11. The van der Waals surface area contributed by atoms with Crippen molar-refractivity contribution in [1.82, 2.24) is 19.9 Å². The molecule has 0 aliphatic rings. The van der Waals surface area contributed by atoms with Crippen LogP contribution in [0.1, 0.15) is 5.82 Å². The van der Waals surface area contributed by atoms with Gasteiger partial charge in [-0.25, -0.2) is 9.97 Å². The van der Waals surface area contributed by atoms with Gasteiger partial charge >= 0.3 is 0 Å². The molecule has 0 atom stereocenters. The number of aromatic nitrogens is 4. The highest BCUT2D eigenvalue weighted by Crippen LogP contribution is 2.31. The zero-order valence-corrected chi connectivity index (χ0v) is 10.7. The Bertz CT molecular complexity index is 676. The topological polar surface area (TPSA) is 54.5 Å². The van der Waals surface area contributed by atoms with Gasteiger partial charge < -0.3 is 4.98 Å². The van der Waals surface area contributed by atoms with Gasteiger partial charge in [-0.1, -0.05) is 0 Å². The van der Waals surface area contributed by atoms with Gasteiger partial charge in [-0.05, 0) is 35.0 Å². The quantitative estimate of drug-likeness (QED) is 0.749. The monoisotopic (exact) mass is 288 g/mol. The molecule has 0 amide bonds. The number of halogens is 1. The van der Waals surface area contributed by atoms with E-state index in [4.69, 9.17) is 0 Å². The molecule has 0 fully saturated rings. The van der Waals surface area contributed by atoms with Gasteiger partial charge in [0.25, 0.3) is 0 Å². The van der Waals surface area contributed by atoms with Crippen molar-refractivity contribution in [2.75, 3.05) is 0 Å². The van der Waals surface area contributed by atoms with E-state index < -0.39 is 0 Å². The first-order valence-electron chi connectivity index (χ1n) is 5.17.